The van der Waals surface area contributed by atoms with Crippen LogP contribution in [0, 0.1) is 0 Å². The third-order valence-electron chi connectivity index (χ3n) is 2.52. The first-order valence-corrected chi connectivity index (χ1v) is 6.95. The van der Waals surface area contributed by atoms with Crippen molar-refractivity contribution < 1.29 is 0 Å². The highest BCUT2D eigenvalue weighted by atomic mass is 35.5. The van der Waals surface area contributed by atoms with Crippen molar-refractivity contribution in [2.45, 2.75) is 0 Å². The number of anilines is 2. The second-order valence-electron chi connectivity index (χ2n) is 3.90. The topological polar surface area (TPSA) is 37.8 Å². The predicted octanol–water partition coefficient (Wildman–Crippen LogP) is 4.60. The lowest BCUT2D eigenvalue weighted by Gasteiger charge is -2.06. The number of nitrogens with zero attached hydrogens (tertiary/aromatic N) is 2. The fraction of sp³-hybridized carbons (Fsp3) is 0. The van der Waals surface area contributed by atoms with Gasteiger partial charge in [-0.25, -0.2) is 4.98 Å². The van der Waals surface area contributed by atoms with Crippen LogP contribution in [0.25, 0.3) is 10.6 Å². The van der Waals surface area contributed by atoms with Crippen LogP contribution in [0.1, 0.15) is 0 Å². The third kappa shape index (κ3) is 2.92. The molecule has 3 aromatic rings. The lowest BCUT2D eigenvalue weighted by atomic mass is 10.3. The first-order chi connectivity index (χ1) is 9.31. The van der Waals surface area contributed by atoms with Crippen LogP contribution in [0.4, 0.5) is 11.5 Å². The van der Waals surface area contributed by atoms with E-state index in [1.807, 2.05) is 41.8 Å². The minimum absolute atomic E-state index is 0.712. The van der Waals surface area contributed by atoms with Crippen molar-refractivity contribution in [1.29, 1.82) is 0 Å². The van der Waals surface area contributed by atoms with Crippen molar-refractivity contribution in [3.8, 4) is 10.6 Å². The summed E-state index contributed by atoms with van der Waals surface area (Å²) in [6.07, 6.45) is 3.46. The molecule has 1 aromatic carbocycles. The number of aromatic nitrogens is 2. The maximum Gasteiger partial charge on any atom is 0.149 e. The van der Waals surface area contributed by atoms with Crippen LogP contribution >= 0.6 is 22.9 Å². The Bertz CT molecular complexity index is 665. The summed E-state index contributed by atoms with van der Waals surface area (Å²) in [5.74, 6) is 0.716. The molecule has 0 aliphatic rings. The minimum atomic E-state index is 0.712. The molecule has 0 radical (unpaired) electrons. The molecule has 0 amide bonds. The first-order valence-electron chi connectivity index (χ1n) is 5.70. The van der Waals surface area contributed by atoms with E-state index in [-0.39, 0.29) is 0 Å². The fourth-order valence-corrected chi connectivity index (χ4v) is 2.46. The molecule has 0 saturated carbocycles. The zero-order valence-electron chi connectivity index (χ0n) is 9.88. The average molecular weight is 288 g/mol. The Hall–Kier alpha value is -1.91. The zero-order valence-corrected chi connectivity index (χ0v) is 11.4. The molecule has 2 aromatic heterocycles. The van der Waals surface area contributed by atoms with Gasteiger partial charge in [-0.15, -0.1) is 11.3 Å². The summed E-state index contributed by atoms with van der Waals surface area (Å²) in [4.78, 5) is 9.85. The van der Waals surface area contributed by atoms with Crippen LogP contribution in [-0.2, 0) is 0 Å². The second kappa shape index (κ2) is 5.38. The van der Waals surface area contributed by atoms with Gasteiger partial charge >= 0.3 is 0 Å². The molecule has 0 saturated heterocycles. The highest BCUT2D eigenvalue weighted by Gasteiger charge is 2.03. The fourth-order valence-electron chi connectivity index (χ4n) is 1.65. The van der Waals surface area contributed by atoms with E-state index >= 15 is 0 Å². The summed E-state index contributed by atoms with van der Waals surface area (Å²) >= 11 is 7.50. The zero-order chi connectivity index (χ0) is 13.1. The van der Waals surface area contributed by atoms with Crippen LogP contribution in [0.5, 0.6) is 0 Å². The van der Waals surface area contributed by atoms with Gasteiger partial charge in [0.25, 0.3) is 0 Å². The van der Waals surface area contributed by atoms with E-state index in [0.29, 0.717) is 10.8 Å². The Kier molecular flexibility index (Phi) is 3.44. The quantitative estimate of drug-likeness (QED) is 0.765. The van der Waals surface area contributed by atoms with Crippen LogP contribution < -0.4 is 5.32 Å². The normalized spacial score (nSPS) is 10.4. The summed E-state index contributed by atoms with van der Waals surface area (Å²) in [5, 5.41) is 5.94. The molecule has 0 bridgehead atoms. The van der Waals surface area contributed by atoms with Crippen molar-refractivity contribution in [1.82, 2.24) is 9.97 Å². The molecule has 0 spiro atoms. The van der Waals surface area contributed by atoms with Crippen molar-refractivity contribution in [2.75, 3.05) is 5.32 Å². The number of halogens is 1. The number of benzene rings is 1. The predicted molar refractivity (Wildman–Crippen MR) is 80.1 cm³/mol. The van der Waals surface area contributed by atoms with Gasteiger partial charge < -0.3 is 5.32 Å². The molecule has 19 heavy (non-hydrogen) atoms. The molecule has 0 atom stereocenters. The Morgan fingerprint density at radius 1 is 1.05 bits per heavy atom. The van der Waals surface area contributed by atoms with Gasteiger partial charge in [-0.3, -0.25) is 4.98 Å². The summed E-state index contributed by atoms with van der Waals surface area (Å²) in [6.45, 7) is 0. The van der Waals surface area contributed by atoms with Crippen LogP contribution in [-0.4, -0.2) is 9.97 Å². The Balaban J connectivity index is 1.85. The molecule has 94 valence electrons. The maximum atomic E-state index is 5.85. The molecular formula is C14H10ClN3S. The van der Waals surface area contributed by atoms with Gasteiger partial charge in [0.05, 0.1) is 17.3 Å². The summed E-state index contributed by atoms with van der Waals surface area (Å²) in [6, 6.07) is 11.5. The molecular weight excluding hydrogens is 278 g/mol. The molecule has 5 heteroatoms. The third-order valence-corrected chi connectivity index (χ3v) is 3.67. The van der Waals surface area contributed by atoms with E-state index in [4.69, 9.17) is 11.6 Å². The second-order valence-corrected chi connectivity index (χ2v) is 5.28. The largest absolute Gasteiger partial charge is 0.339 e. The van der Waals surface area contributed by atoms with E-state index < -0.39 is 0 Å². The van der Waals surface area contributed by atoms with Gasteiger partial charge in [-0.05, 0) is 35.7 Å². The number of thiophene rings is 1. The standard InChI is InChI=1S/C14H10ClN3S/c15-10-3-5-11(6-4-10)17-14-9-16-8-12(18-14)13-2-1-7-19-13/h1-9H,(H,17,18). The average Bonchev–Trinajstić information content (AvgIpc) is 2.96. The highest BCUT2D eigenvalue weighted by molar-refractivity contribution is 7.13. The molecule has 0 aliphatic carbocycles. The SMILES string of the molecule is Clc1ccc(Nc2cncc(-c3cccs3)n2)cc1. The number of hydrogen-bond acceptors (Lipinski definition) is 4. The number of hydrogen-bond donors (Lipinski definition) is 1. The highest BCUT2D eigenvalue weighted by Crippen LogP contribution is 2.24. The Labute approximate surface area is 119 Å². The number of rotatable bonds is 3. The maximum absolute atomic E-state index is 5.85. The minimum Gasteiger partial charge on any atom is -0.339 e. The van der Waals surface area contributed by atoms with E-state index in [2.05, 4.69) is 15.3 Å². The molecule has 1 N–H and O–H groups in total. The molecule has 3 nitrogen and oxygen atoms in total. The van der Waals surface area contributed by atoms with Crippen molar-refractivity contribution >= 4 is 34.4 Å². The summed E-state index contributed by atoms with van der Waals surface area (Å²) < 4.78 is 0. The molecule has 3 rings (SSSR count). The van der Waals surface area contributed by atoms with Crippen LogP contribution in [0.3, 0.4) is 0 Å². The van der Waals surface area contributed by atoms with Crippen LogP contribution in [0.2, 0.25) is 5.02 Å². The van der Waals surface area contributed by atoms with E-state index in [1.165, 1.54) is 0 Å². The molecule has 2 heterocycles. The lowest BCUT2D eigenvalue weighted by molar-refractivity contribution is 1.21. The van der Waals surface area contributed by atoms with Crippen LogP contribution in [0.15, 0.2) is 54.2 Å². The van der Waals surface area contributed by atoms with Gasteiger partial charge in [0, 0.05) is 10.7 Å². The van der Waals surface area contributed by atoms with E-state index in [1.54, 1.807) is 23.7 Å². The smallest absolute Gasteiger partial charge is 0.149 e. The Morgan fingerprint density at radius 3 is 2.63 bits per heavy atom. The summed E-state index contributed by atoms with van der Waals surface area (Å²) in [7, 11) is 0. The lowest BCUT2D eigenvalue weighted by Crippen LogP contribution is -1.95. The van der Waals surface area contributed by atoms with Gasteiger partial charge in [0.1, 0.15) is 11.5 Å². The summed E-state index contributed by atoms with van der Waals surface area (Å²) in [5.41, 5.74) is 1.80. The van der Waals surface area contributed by atoms with Crippen molar-refractivity contribution in [3.63, 3.8) is 0 Å². The van der Waals surface area contributed by atoms with Gasteiger partial charge in [-0.1, -0.05) is 17.7 Å². The van der Waals surface area contributed by atoms with E-state index in [9.17, 15) is 0 Å². The monoisotopic (exact) mass is 287 g/mol. The molecule has 0 fully saturated rings. The van der Waals surface area contributed by atoms with Gasteiger partial charge in [-0.2, -0.15) is 0 Å². The molecule has 0 unspecified atom stereocenters. The first kappa shape index (κ1) is 12.1. The van der Waals surface area contributed by atoms with Gasteiger partial charge in [0.15, 0.2) is 0 Å². The van der Waals surface area contributed by atoms with Crippen molar-refractivity contribution in [2.24, 2.45) is 0 Å². The molecule has 0 aliphatic heterocycles. The number of nitrogens with one attached hydrogen (secondary N) is 1. The van der Waals surface area contributed by atoms with E-state index in [0.717, 1.165) is 16.3 Å². The van der Waals surface area contributed by atoms with Gasteiger partial charge in [0.2, 0.25) is 0 Å². The Morgan fingerprint density at radius 2 is 1.89 bits per heavy atom. The van der Waals surface area contributed by atoms with Crippen molar-refractivity contribution in [3.05, 3.63) is 59.2 Å².